The molecule has 0 spiro atoms. The zero-order valence-electron chi connectivity index (χ0n) is 15.8. The van der Waals surface area contributed by atoms with Crippen LogP contribution >= 0.6 is 24.0 Å². The van der Waals surface area contributed by atoms with E-state index in [1.165, 1.54) is 28.1 Å². The fourth-order valence-electron chi connectivity index (χ4n) is 3.05. The first-order valence-corrected chi connectivity index (χ1v) is 8.81. The minimum absolute atomic E-state index is 0. The molecule has 0 unspecified atom stereocenters. The van der Waals surface area contributed by atoms with E-state index < -0.39 is 5.82 Å². The fourth-order valence-corrected chi connectivity index (χ4v) is 3.05. The molecule has 0 fully saturated rings. The molecule has 1 aromatic heterocycles. The van der Waals surface area contributed by atoms with Gasteiger partial charge < -0.3 is 15.6 Å². The number of H-pyrrole nitrogens is 1. The van der Waals surface area contributed by atoms with E-state index in [0.29, 0.717) is 30.2 Å². The van der Waals surface area contributed by atoms with Gasteiger partial charge in [-0.1, -0.05) is 24.3 Å². The van der Waals surface area contributed by atoms with Gasteiger partial charge in [0.15, 0.2) is 5.96 Å². The molecule has 0 amide bonds. The summed E-state index contributed by atoms with van der Waals surface area (Å²) in [5.74, 6) is 0.209. The molecule has 7 heteroatoms. The second-order valence-electron chi connectivity index (χ2n) is 6.33. The molecule has 0 aliphatic heterocycles. The zero-order chi connectivity index (χ0) is 19.2. The molecule has 2 aromatic carbocycles. The van der Waals surface area contributed by atoms with E-state index in [9.17, 15) is 4.39 Å². The number of nitriles is 1. The number of fused-ring (bicyclic) bond motifs is 1. The van der Waals surface area contributed by atoms with Crippen molar-refractivity contribution < 1.29 is 4.39 Å². The quantitative estimate of drug-likeness (QED) is 0.287. The van der Waals surface area contributed by atoms with Crippen LogP contribution < -0.4 is 10.6 Å². The van der Waals surface area contributed by atoms with E-state index in [4.69, 9.17) is 5.26 Å². The molecule has 0 radical (unpaired) electrons. The molecule has 3 aromatic rings. The maximum absolute atomic E-state index is 14.0. The number of hydrogen-bond donors (Lipinski definition) is 3. The predicted molar refractivity (Wildman–Crippen MR) is 121 cm³/mol. The lowest BCUT2D eigenvalue weighted by Gasteiger charge is -2.12. The molecule has 5 nitrogen and oxygen atoms in total. The third-order valence-electron chi connectivity index (χ3n) is 4.55. The van der Waals surface area contributed by atoms with E-state index in [-0.39, 0.29) is 24.0 Å². The SMILES string of the molecule is CN=C(NCCc1c[nH]c2c(C)cccc12)NCc1ccc(C#N)cc1F.I. The lowest BCUT2D eigenvalue weighted by atomic mass is 10.1. The van der Waals surface area contributed by atoms with Crippen LogP contribution in [-0.2, 0) is 13.0 Å². The molecule has 0 atom stereocenters. The van der Waals surface area contributed by atoms with Gasteiger partial charge in [0.1, 0.15) is 5.82 Å². The van der Waals surface area contributed by atoms with Crippen LogP contribution in [0.1, 0.15) is 22.3 Å². The van der Waals surface area contributed by atoms with Gasteiger partial charge in [-0.25, -0.2) is 4.39 Å². The van der Waals surface area contributed by atoms with Crippen molar-refractivity contribution in [3.8, 4) is 6.07 Å². The fraction of sp³-hybridized carbons (Fsp3) is 0.238. The smallest absolute Gasteiger partial charge is 0.191 e. The second kappa shape index (κ2) is 10.1. The predicted octanol–water partition coefficient (Wildman–Crippen LogP) is 4.01. The number of halogens is 2. The molecule has 1 heterocycles. The van der Waals surface area contributed by atoms with Crippen LogP contribution in [-0.4, -0.2) is 24.5 Å². The Kier molecular flexibility index (Phi) is 7.81. The number of aliphatic imine (C=N–C) groups is 1. The molecule has 0 bridgehead atoms. The first-order valence-electron chi connectivity index (χ1n) is 8.81. The molecule has 0 saturated heterocycles. The molecule has 0 aliphatic carbocycles. The summed E-state index contributed by atoms with van der Waals surface area (Å²) in [7, 11) is 1.68. The lowest BCUT2D eigenvalue weighted by Crippen LogP contribution is -2.38. The highest BCUT2D eigenvalue weighted by molar-refractivity contribution is 14.0. The van der Waals surface area contributed by atoms with Crippen LogP contribution in [0, 0.1) is 24.1 Å². The summed E-state index contributed by atoms with van der Waals surface area (Å²) in [5, 5.41) is 16.4. The van der Waals surface area contributed by atoms with Crippen LogP contribution in [0.4, 0.5) is 4.39 Å². The van der Waals surface area contributed by atoms with E-state index >= 15 is 0 Å². The van der Waals surface area contributed by atoms with E-state index in [1.54, 1.807) is 19.2 Å². The largest absolute Gasteiger partial charge is 0.361 e. The number of aryl methyl sites for hydroxylation is 1. The molecule has 0 aliphatic rings. The van der Waals surface area contributed by atoms with Gasteiger partial charge in [-0.3, -0.25) is 4.99 Å². The maximum Gasteiger partial charge on any atom is 0.191 e. The minimum atomic E-state index is -0.397. The van der Waals surface area contributed by atoms with Crippen LogP contribution in [0.3, 0.4) is 0 Å². The van der Waals surface area contributed by atoms with Crippen molar-refractivity contribution in [3.63, 3.8) is 0 Å². The molecule has 146 valence electrons. The number of rotatable bonds is 5. The zero-order valence-corrected chi connectivity index (χ0v) is 18.2. The third kappa shape index (κ3) is 5.01. The Labute approximate surface area is 181 Å². The normalized spacial score (nSPS) is 11.0. The van der Waals surface area contributed by atoms with Gasteiger partial charge in [0.2, 0.25) is 0 Å². The highest BCUT2D eigenvalue weighted by Gasteiger charge is 2.07. The van der Waals surface area contributed by atoms with Gasteiger partial charge in [-0.15, -0.1) is 24.0 Å². The molecule has 28 heavy (non-hydrogen) atoms. The van der Waals surface area contributed by atoms with Gasteiger partial charge in [-0.05, 0) is 36.6 Å². The lowest BCUT2D eigenvalue weighted by molar-refractivity contribution is 0.604. The number of aromatic amines is 1. The van der Waals surface area contributed by atoms with Crippen LogP contribution in [0.15, 0.2) is 47.6 Å². The van der Waals surface area contributed by atoms with Gasteiger partial charge in [0.25, 0.3) is 0 Å². The second-order valence-corrected chi connectivity index (χ2v) is 6.33. The summed E-state index contributed by atoms with van der Waals surface area (Å²) >= 11 is 0. The first-order chi connectivity index (χ1) is 13.1. The van der Waals surface area contributed by atoms with Crippen molar-refractivity contribution in [1.29, 1.82) is 5.26 Å². The average Bonchev–Trinajstić information content (AvgIpc) is 3.09. The first kappa shape index (κ1) is 21.7. The van der Waals surface area contributed by atoms with E-state index in [1.807, 2.05) is 12.3 Å². The monoisotopic (exact) mass is 491 g/mol. The summed E-state index contributed by atoms with van der Waals surface area (Å²) in [4.78, 5) is 7.51. The van der Waals surface area contributed by atoms with Crippen LogP contribution in [0.25, 0.3) is 10.9 Å². The molecule has 3 rings (SSSR count). The Hall–Kier alpha value is -2.60. The Bertz CT molecular complexity index is 1020. The van der Waals surface area contributed by atoms with Crippen molar-refractivity contribution in [2.75, 3.05) is 13.6 Å². The number of aromatic nitrogens is 1. The minimum Gasteiger partial charge on any atom is -0.361 e. The van der Waals surface area contributed by atoms with E-state index in [2.05, 4.69) is 45.7 Å². The summed E-state index contributed by atoms with van der Waals surface area (Å²) < 4.78 is 14.0. The molecular formula is C21H23FIN5. The Morgan fingerprint density at radius 3 is 2.75 bits per heavy atom. The number of guanidine groups is 1. The third-order valence-corrected chi connectivity index (χ3v) is 4.55. The van der Waals surface area contributed by atoms with Crippen molar-refractivity contribution in [2.45, 2.75) is 19.9 Å². The number of benzene rings is 2. The number of nitrogens with zero attached hydrogens (tertiary/aromatic N) is 2. The topological polar surface area (TPSA) is 76.0 Å². The standard InChI is InChI=1S/C21H22FN5.HI/c1-14-4-3-5-18-16(12-26-20(14)18)8-9-25-21(24-2)27-13-17-7-6-15(11-23)10-19(17)22;/h3-7,10,12,26H,8-9,13H2,1-2H3,(H2,24,25,27);1H. The average molecular weight is 491 g/mol. The molecule has 0 saturated carbocycles. The summed E-state index contributed by atoms with van der Waals surface area (Å²) in [6.07, 6.45) is 2.89. The summed E-state index contributed by atoms with van der Waals surface area (Å²) in [6.45, 7) is 3.09. The number of nitrogens with one attached hydrogen (secondary N) is 3. The number of hydrogen-bond acceptors (Lipinski definition) is 2. The van der Waals surface area contributed by atoms with Gasteiger partial charge in [0.05, 0.1) is 11.6 Å². The molecule has 3 N–H and O–H groups in total. The Morgan fingerprint density at radius 1 is 1.21 bits per heavy atom. The van der Waals surface area contributed by atoms with Crippen molar-refractivity contribution in [3.05, 3.63) is 70.7 Å². The maximum atomic E-state index is 14.0. The van der Waals surface area contributed by atoms with Crippen LogP contribution in [0.2, 0.25) is 0 Å². The summed E-state index contributed by atoms with van der Waals surface area (Å²) in [5.41, 5.74) is 4.45. The van der Waals surface area contributed by atoms with Crippen LogP contribution in [0.5, 0.6) is 0 Å². The Morgan fingerprint density at radius 2 is 2.04 bits per heavy atom. The van der Waals surface area contributed by atoms with Gasteiger partial charge >= 0.3 is 0 Å². The highest BCUT2D eigenvalue weighted by atomic mass is 127. The number of para-hydroxylation sites is 1. The highest BCUT2D eigenvalue weighted by Crippen LogP contribution is 2.21. The summed E-state index contributed by atoms with van der Waals surface area (Å²) in [6, 6.07) is 12.7. The van der Waals surface area contributed by atoms with Gasteiger partial charge in [-0.2, -0.15) is 5.26 Å². The molecular weight excluding hydrogens is 468 g/mol. The van der Waals surface area contributed by atoms with Crippen molar-refractivity contribution >= 4 is 40.8 Å². The van der Waals surface area contributed by atoms with E-state index in [0.717, 1.165) is 6.42 Å². The Balaban J connectivity index is 0.00000280. The van der Waals surface area contributed by atoms with Crippen molar-refractivity contribution in [1.82, 2.24) is 15.6 Å². The van der Waals surface area contributed by atoms with Gasteiger partial charge in [0, 0.05) is 42.8 Å². The van der Waals surface area contributed by atoms with Crippen molar-refractivity contribution in [2.24, 2.45) is 4.99 Å².